The molecule has 4 nitrogen and oxygen atoms in total. The lowest BCUT2D eigenvalue weighted by molar-refractivity contribution is 0.0663. The summed E-state index contributed by atoms with van der Waals surface area (Å²) < 4.78 is 0. The molecule has 4 heteroatoms. The molecule has 0 amide bonds. The Kier molecular flexibility index (Phi) is 4.12. The van der Waals surface area contributed by atoms with Crippen LogP contribution < -0.4 is 0 Å². The lowest BCUT2D eigenvalue weighted by atomic mass is 9.94. The molecule has 0 saturated carbocycles. The lowest BCUT2D eigenvalue weighted by Gasteiger charge is -2.35. The largest absolute Gasteiger partial charge is 0.292 e. The third-order valence-corrected chi connectivity index (χ3v) is 2.91. The minimum absolute atomic E-state index is 0.0179. The average molecular weight is 221 g/mol. The second-order valence-electron chi connectivity index (χ2n) is 4.15. The van der Waals surface area contributed by atoms with Crippen LogP contribution in [0.3, 0.4) is 0 Å². The van der Waals surface area contributed by atoms with Gasteiger partial charge in [0.2, 0.25) is 5.78 Å². The minimum Gasteiger partial charge on any atom is -0.292 e. The first-order valence-corrected chi connectivity index (χ1v) is 5.59. The quantitative estimate of drug-likeness (QED) is 0.711. The van der Waals surface area contributed by atoms with Gasteiger partial charge in [0.25, 0.3) is 0 Å². The second kappa shape index (κ2) is 5.16. The van der Waals surface area contributed by atoms with Gasteiger partial charge in [-0.15, -0.1) is 0 Å². The second-order valence-corrected chi connectivity index (χ2v) is 4.15. The van der Waals surface area contributed by atoms with E-state index in [4.69, 9.17) is 0 Å². The molecule has 0 aromatic carbocycles. The van der Waals surface area contributed by atoms with E-state index in [9.17, 15) is 4.79 Å². The maximum Gasteiger partial charge on any atom is 0.202 e. The van der Waals surface area contributed by atoms with Crippen molar-refractivity contribution in [3.05, 3.63) is 24.3 Å². The maximum atomic E-state index is 12.3. The summed E-state index contributed by atoms with van der Waals surface area (Å²) in [6.07, 6.45) is 4.64. The van der Waals surface area contributed by atoms with Crippen molar-refractivity contribution >= 4 is 5.78 Å². The summed E-state index contributed by atoms with van der Waals surface area (Å²) >= 11 is 0. The molecular weight excluding hydrogens is 202 g/mol. The zero-order chi connectivity index (χ0) is 12.2. The van der Waals surface area contributed by atoms with E-state index in [1.165, 1.54) is 6.20 Å². The van der Waals surface area contributed by atoms with Crippen LogP contribution in [0.5, 0.6) is 0 Å². The van der Waals surface area contributed by atoms with Crippen LogP contribution in [0.2, 0.25) is 0 Å². The fourth-order valence-electron chi connectivity index (χ4n) is 1.89. The summed E-state index contributed by atoms with van der Waals surface area (Å²) in [5.74, 6) is 0.0179. The highest BCUT2D eigenvalue weighted by molar-refractivity contribution is 6.00. The third-order valence-electron chi connectivity index (χ3n) is 2.91. The van der Waals surface area contributed by atoms with Crippen LogP contribution in [0.4, 0.5) is 0 Å². The van der Waals surface area contributed by atoms with Gasteiger partial charge in [-0.1, -0.05) is 13.8 Å². The summed E-state index contributed by atoms with van der Waals surface area (Å²) in [6, 6.07) is 0. The van der Waals surface area contributed by atoms with E-state index >= 15 is 0 Å². The Bertz CT molecular complexity index is 345. The molecule has 0 aliphatic rings. The number of hydrogen-bond donors (Lipinski definition) is 0. The number of rotatable bonds is 5. The standard InChI is InChI=1S/C12H19N3O/c1-5-15(6-2)12(3,4)11(16)10-9-13-7-8-14-10/h7-9H,5-6H2,1-4H3. The van der Waals surface area contributed by atoms with Crippen molar-refractivity contribution < 1.29 is 4.79 Å². The van der Waals surface area contributed by atoms with Crippen molar-refractivity contribution in [3.63, 3.8) is 0 Å². The first-order chi connectivity index (χ1) is 7.54. The van der Waals surface area contributed by atoms with E-state index in [2.05, 4.69) is 28.7 Å². The summed E-state index contributed by atoms with van der Waals surface area (Å²) in [5, 5.41) is 0. The molecule has 1 rings (SSSR count). The Labute approximate surface area is 96.7 Å². The van der Waals surface area contributed by atoms with Crippen LogP contribution in [0.25, 0.3) is 0 Å². The molecule has 0 spiro atoms. The number of aromatic nitrogens is 2. The molecule has 1 heterocycles. The number of ketones is 1. The van der Waals surface area contributed by atoms with Crippen LogP contribution in [0, 0.1) is 0 Å². The smallest absolute Gasteiger partial charge is 0.202 e. The molecule has 0 N–H and O–H groups in total. The Morgan fingerprint density at radius 1 is 1.31 bits per heavy atom. The summed E-state index contributed by atoms with van der Waals surface area (Å²) in [5.41, 5.74) is -0.0982. The lowest BCUT2D eigenvalue weighted by Crippen LogP contribution is -2.50. The molecule has 0 fully saturated rings. The molecule has 0 aliphatic heterocycles. The number of nitrogens with zero attached hydrogens (tertiary/aromatic N) is 3. The van der Waals surface area contributed by atoms with Crippen molar-refractivity contribution in [2.45, 2.75) is 33.2 Å². The van der Waals surface area contributed by atoms with Crippen molar-refractivity contribution in [1.82, 2.24) is 14.9 Å². The molecule has 0 saturated heterocycles. The fraction of sp³-hybridized carbons (Fsp3) is 0.583. The van der Waals surface area contributed by atoms with Crippen LogP contribution >= 0.6 is 0 Å². The van der Waals surface area contributed by atoms with Crippen molar-refractivity contribution in [2.24, 2.45) is 0 Å². The predicted molar refractivity (Wildman–Crippen MR) is 63.4 cm³/mol. The highest BCUT2D eigenvalue weighted by Crippen LogP contribution is 2.18. The van der Waals surface area contributed by atoms with E-state index < -0.39 is 5.54 Å². The molecule has 0 atom stereocenters. The number of hydrogen-bond acceptors (Lipinski definition) is 4. The van der Waals surface area contributed by atoms with Gasteiger partial charge in [0, 0.05) is 12.4 Å². The normalized spacial score (nSPS) is 11.8. The molecular formula is C12H19N3O. The fourth-order valence-corrected chi connectivity index (χ4v) is 1.89. The molecule has 1 aromatic heterocycles. The molecule has 0 radical (unpaired) electrons. The van der Waals surface area contributed by atoms with E-state index in [1.54, 1.807) is 12.4 Å². The Morgan fingerprint density at radius 2 is 1.94 bits per heavy atom. The summed E-state index contributed by atoms with van der Waals surface area (Å²) in [6.45, 7) is 9.64. The Balaban J connectivity index is 2.96. The van der Waals surface area contributed by atoms with Gasteiger partial charge >= 0.3 is 0 Å². The molecule has 1 aromatic rings. The third kappa shape index (κ3) is 2.44. The highest BCUT2D eigenvalue weighted by atomic mass is 16.1. The van der Waals surface area contributed by atoms with Gasteiger partial charge in [0.15, 0.2) is 0 Å². The highest BCUT2D eigenvalue weighted by Gasteiger charge is 2.34. The number of Topliss-reactive ketones (excluding diaryl/α,β-unsaturated/α-hetero) is 1. The first-order valence-electron chi connectivity index (χ1n) is 5.59. The van der Waals surface area contributed by atoms with Crippen LogP contribution in [0.15, 0.2) is 18.6 Å². The maximum absolute atomic E-state index is 12.3. The van der Waals surface area contributed by atoms with Gasteiger partial charge < -0.3 is 0 Å². The van der Waals surface area contributed by atoms with Crippen molar-refractivity contribution in [2.75, 3.05) is 13.1 Å². The van der Waals surface area contributed by atoms with E-state index in [1.807, 2.05) is 13.8 Å². The zero-order valence-corrected chi connectivity index (χ0v) is 10.4. The molecule has 16 heavy (non-hydrogen) atoms. The monoisotopic (exact) mass is 221 g/mol. The SMILES string of the molecule is CCN(CC)C(C)(C)C(=O)c1cnccn1. The topological polar surface area (TPSA) is 46.1 Å². The number of carbonyl (C=O) groups excluding carboxylic acids is 1. The van der Waals surface area contributed by atoms with E-state index in [-0.39, 0.29) is 5.78 Å². The zero-order valence-electron chi connectivity index (χ0n) is 10.4. The molecule has 0 aliphatic carbocycles. The summed E-state index contributed by atoms with van der Waals surface area (Å²) in [4.78, 5) is 22.4. The van der Waals surface area contributed by atoms with Gasteiger partial charge in [-0.2, -0.15) is 0 Å². The van der Waals surface area contributed by atoms with Crippen LogP contribution in [0.1, 0.15) is 38.2 Å². The first kappa shape index (κ1) is 12.8. The number of carbonyl (C=O) groups is 1. The van der Waals surface area contributed by atoms with Gasteiger partial charge in [-0.05, 0) is 26.9 Å². The Hall–Kier alpha value is -1.29. The molecule has 88 valence electrons. The number of likely N-dealkylation sites (N-methyl/N-ethyl adjacent to an activating group) is 1. The average Bonchev–Trinajstić information content (AvgIpc) is 2.30. The van der Waals surface area contributed by atoms with Gasteiger partial charge in [0.05, 0.1) is 11.7 Å². The minimum atomic E-state index is -0.528. The van der Waals surface area contributed by atoms with E-state index in [0.29, 0.717) is 5.69 Å². The predicted octanol–water partition coefficient (Wildman–Crippen LogP) is 1.78. The van der Waals surface area contributed by atoms with Gasteiger partial charge in [0.1, 0.15) is 5.69 Å². The molecule has 0 bridgehead atoms. The van der Waals surface area contributed by atoms with Crippen LogP contribution in [-0.4, -0.2) is 39.3 Å². The van der Waals surface area contributed by atoms with Crippen molar-refractivity contribution in [3.8, 4) is 0 Å². The van der Waals surface area contributed by atoms with E-state index in [0.717, 1.165) is 13.1 Å². The summed E-state index contributed by atoms with van der Waals surface area (Å²) in [7, 11) is 0. The van der Waals surface area contributed by atoms with Crippen molar-refractivity contribution in [1.29, 1.82) is 0 Å². The van der Waals surface area contributed by atoms with Gasteiger partial charge in [-0.25, -0.2) is 4.98 Å². The van der Waals surface area contributed by atoms with Gasteiger partial charge in [-0.3, -0.25) is 14.7 Å². The Morgan fingerprint density at radius 3 is 2.38 bits per heavy atom. The van der Waals surface area contributed by atoms with Crippen LogP contribution in [-0.2, 0) is 0 Å². The molecule has 0 unspecified atom stereocenters.